The van der Waals surface area contributed by atoms with Gasteiger partial charge >= 0.3 is 0 Å². The van der Waals surface area contributed by atoms with Crippen molar-refractivity contribution in [2.24, 2.45) is 0 Å². The van der Waals surface area contributed by atoms with E-state index in [9.17, 15) is 4.79 Å². The summed E-state index contributed by atoms with van der Waals surface area (Å²) in [6.07, 6.45) is 1.61. The molecule has 1 aromatic heterocycles. The SMILES string of the molecule is CCNc1ccc(C(=O)Nc2cccc(C)c2C#N)nc1. The van der Waals surface area contributed by atoms with E-state index in [2.05, 4.69) is 21.7 Å². The van der Waals surface area contributed by atoms with Crippen LogP contribution in [-0.2, 0) is 0 Å². The summed E-state index contributed by atoms with van der Waals surface area (Å²) in [7, 11) is 0. The number of aryl methyl sites for hydroxylation is 1. The molecule has 0 radical (unpaired) electrons. The van der Waals surface area contributed by atoms with Crippen molar-refractivity contribution < 1.29 is 4.79 Å². The standard InChI is InChI=1S/C16H16N4O/c1-3-18-12-7-8-15(19-10-12)16(21)20-14-6-4-5-11(2)13(14)9-17/h4-8,10,18H,3H2,1-2H3,(H,20,21). The van der Waals surface area contributed by atoms with Crippen LogP contribution in [0.2, 0.25) is 0 Å². The van der Waals surface area contributed by atoms with Crippen LogP contribution in [0.1, 0.15) is 28.5 Å². The van der Waals surface area contributed by atoms with Gasteiger partial charge in [0.1, 0.15) is 11.8 Å². The number of pyridine rings is 1. The van der Waals surface area contributed by atoms with E-state index < -0.39 is 0 Å². The summed E-state index contributed by atoms with van der Waals surface area (Å²) in [6.45, 7) is 4.61. The summed E-state index contributed by atoms with van der Waals surface area (Å²) < 4.78 is 0. The lowest BCUT2D eigenvalue weighted by atomic mass is 10.1. The zero-order chi connectivity index (χ0) is 15.2. The first-order chi connectivity index (χ1) is 10.2. The fraction of sp³-hybridized carbons (Fsp3) is 0.188. The van der Waals surface area contributed by atoms with Gasteiger partial charge in [-0.2, -0.15) is 5.26 Å². The third-order valence-electron chi connectivity index (χ3n) is 3.01. The molecule has 0 saturated heterocycles. The van der Waals surface area contributed by atoms with Gasteiger partial charge in [0, 0.05) is 6.54 Å². The number of hydrogen-bond donors (Lipinski definition) is 2. The van der Waals surface area contributed by atoms with E-state index in [-0.39, 0.29) is 5.91 Å². The second-order valence-corrected chi connectivity index (χ2v) is 4.53. The van der Waals surface area contributed by atoms with Crippen molar-refractivity contribution in [3.8, 4) is 6.07 Å². The molecule has 0 aliphatic rings. The zero-order valence-electron chi connectivity index (χ0n) is 12.0. The predicted octanol–water partition coefficient (Wildman–Crippen LogP) is 2.95. The molecule has 0 aliphatic carbocycles. The molecule has 5 nitrogen and oxygen atoms in total. The van der Waals surface area contributed by atoms with Gasteiger partial charge in [0.25, 0.3) is 5.91 Å². The molecule has 0 atom stereocenters. The van der Waals surface area contributed by atoms with E-state index in [4.69, 9.17) is 5.26 Å². The van der Waals surface area contributed by atoms with E-state index in [1.54, 1.807) is 30.5 Å². The van der Waals surface area contributed by atoms with Gasteiger partial charge < -0.3 is 10.6 Å². The van der Waals surface area contributed by atoms with Crippen LogP contribution < -0.4 is 10.6 Å². The van der Waals surface area contributed by atoms with Gasteiger partial charge in [-0.25, -0.2) is 4.98 Å². The highest BCUT2D eigenvalue weighted by molar-refractivity contribution is 6.03. The Bertz CT molecular complexity index is 686. The molecule has 1 aromatic carbocycles. The van der Waals surface area contributed by atoms with Crippen LogP contribution in [0.5, 0.6) is 0 Å². The molecular weight excluding hydrogens is 264 g/mol. The highest BCUT2D eigenvalue weighted by Gasteiger charge is 2.11. The van der Waals surface area contributed by atoms with Crippen molar-refractivity contribution >= 4 is 17.3 Å². The van der Waals surface area contributed by atoms with Gasteiger partial charge in [0.2, 0.25) is 0 Å². The van der Waals surface area contributed by atoms with E-state index in [1.807, 2.05) is 19.9 Å². The van der Waals surface area contributed by atoms with E-state index in [0.717, 1.165) is 17.8 Å². The van der Waals surface area contributed by atoms with E-state index in [0.29, 0.717) is 16.9 Å². The van der Waals surface area contributed by atoms with Crippen LogP contribution in [-0.4, -0.2) is 17.4 Å². The number of amides is 1. The number of carbonyl (C=O) groups excluding carboxylic acids is 1. The number of nitriles is 1. The lowest BCUT2D eigenvalue weighted by Gasteiger charge is -2.09. The van der Waals surface area contributed by atoms with Crippen LogP contribution in [0.3, 0.4) is 0 Å². The Hall–Kier alpha value is -2.87. The fourth-order valence-corrected chi connectivity index (χ4v) is 1.94. The highest BCUT2D eigenvalue weighted by Crippen LogP contribution is 2.19. The Balaban J connectivity index is 2.19. The Morgan fingerprint density at radius 3 is 2.76 bits per heavy atom. The van der Waals surface area contributed by atoms with Gasteiger partial charge in [-0.05, 0) is 37.6 Å². The molecule has 21 heavy (non-hydrogen) atoms. The molecule has 1 amide bonds. The number of nitrogens with zero attached hydrogens (tertiary/aromatic N) is 2. The summed E-state index contributed by atoms with van der Waals surface area (Å²) >= 11 is 0. The van der Waals surface area contributed by atoms with Crippen LogP contribution in [0.15, 0.2) is 36.5 Å². The maximum absolute atomic E-state index is 12.2. The molecule has 0 unspecified atom stereocenters. The summed E-state index contributed by atoms with van der Waals surface area (Å²) in [5.74, 6) is -0.333. The van der Waals surface area contributed by atoms with Crippen LogP contribution >= 0.6 is 0 Å². The van der Waals surface area contributed by atoms with Gasteiger partial charge in [-0.3, -0.25) is 4.79 Å². The van der Waals surface area contributed by atoms with Gasteiger partial charge in [-0.1, -0.05) is 12.1 Å². The monoisotopic (exact) mass is 280 g/mol. The van der Waals surface area contributed by atoms with Gasteiger partial charge in [-0.15, -0.1) is 0 Å². The Morgan fingerprint density at radius 2 is 2.14 bits per heavy atom. The molecule has 0 aliphatic heterocycles. The Labute approximate surface area is 123 Å². The van der Waals surface area contributed by atoms with E-state index in [1.165, 1.54) is 0 Å². The highest BCUT2D eigenvalue weighted by atomic mass is 16.1. The summed E-state index contributed by atoms with van der Waals surface area (Å²) in [4.78, 5) is 16.3. The summed E-state index contributed by atoms with van der Waals surface area (Å²) in [6, 6.07) is 10.9. The number of aromatic nitrogens is 1. The van der Waals surface area contributed by atoms with Crippen molar-refractivity contribution in [1.82, 2.24) is 4.98 Å². The van der Waals surface area contributed by atoms with Crippen molar-refractivity contribution in [2.75, 3.05) is 17.2 Å². The normalized spacial score (nSPS) is 9.76. The van der Waals surface area contributed by atoms with Crippen LogP contribution in [0, 0.1) is 18.3 Å². The maximum atomic E-state index is 12.2. The lowest BCUT2D eigenvalue weighted by Crippen LogP contribution is -2.15. The van der Waals surface area contributed by atoms with Crippen molar-refractivity contribution in [3.63, 3.8) is 0 Å². The number of benzene rings is 1. The minimum absolute atomic E-state index is 0.307. The van der Waals surface area contributed by atoms with Crippen molar-refractivity contribution in [3.05, 3.63) is 53.3 Å². The van der Waals surface area contributed by atoms with Crippen molar-refractivity contribution in [1.29, 1.82) is 5.26 Å². The average Bonchev–Trinajstić information content (AvgIpc) is 2.48. The lowest BCUT2D eigenvalue weighted by molar-refractivity contribution is 0.102. The second-order valence-electron chi connectivity index (χ2n) is 4.53. The average molecular weight is 280 g/mol. The summed E-state index contributed by atoms with van der Waals surface area (Å²) in [5, 5.41) is 15.0. The molecule has 2 aromatic rings. The van der Waals surface area contributed by atoms with Crippen molar-refractivity contribution in [2.45, 2.75) is 13.8 Å². The number of hydrogen-bond acceptors (Lipinski definition) is 4. The molecule has 0 spiro atoms. The first-order valence-corrected chi connectivity index (χ1v) is 6.66. The molecule has 2 N–H and O–H groups in total. The fourth-order valence-electron chi connectivity index (χ4n) is 1.94. The number of anilines is 2. The Morgan fingerprint density at radius 1 is 1.33 bits per heavy atom. The number of nitrogens with one attached hydrogen (secondary N) is 2. The third kappa shape index (κ3) is 3.37. The second kappa shape index (κ2) is 6.53. The molecule has 106 valence electrons. The molecule has 5 heteroatoms. The minimum Gasteiger partial charge on any atom is -0.384 e. The quantitative estimate of drug-likeness (QED) is 0.902. The molecule has 2 rings (SSSR count). The topological polar surface area (TPSA) is 77.8 Å². The largest absolute Gasteiger partial charge is 0.384 e. The zero-order valence-corrected chi connectivity index (χ0v) is 12.0. The maximum Gasteiger partial charge on any atom is 0.274 e. The molecule has 1 heterocycles. The third-order valence-corrected chi connectivity index (χ3v) is 3.01. The molecule has 0 fully saturated rings. The first kappa shape index (κ1) is 14.5. The molecular formula is C16H16N4O. The smallest absolute Gasteiger partial charge is 0.274 e. The number of rotatable bonds is 4. The van der Waals surface area contributed by atoms with E-state index >= 15 is 0 Å². The van der Waals surface area contributed by atoms with Crippen LogP contribution in [0.25, 0.3) is 0 Å². The van der Waals surface area contributed by atoms with Gasteiger partial charge in [0.05, 0.1) is 23.1 Å². The predicted molar refractivity (Wildman–Crippen MR) is 82.2 cm³/mol. The van der Waals surface area contributed by atoms with Gasteiger partial charge in [0.15, 0.2) is 0 Å². The minimum atomic E-state index is -0.333. The number of carbonyl (C=O) groups is 1. The Kier molecular flexibility index (Phi) is 4.52. The molecule has 0 saturated carbocycles. The molecule has 0 bridgehead atoms. The summed E-state index contributed by atoms with van der Waals surface area (Å²) in [5.41, 5.74) is 2.96. The van der Waals surface area contributed by atoms with Crippen LogP contribution in [0.4, 0.5) is 11.4 Å². The first-order valence-electron chi connectivity index (χ1n) is 6.66.